The molecule has 4 rings (SSSR count). The van der Waals surface area contributed by atoms with Gasteiger partial charge in [0.1, 0.15) is 0 Å². The molecule has 1 aliphatic heterocycles. The standard InChI is InChI=1S/C20H23N3O2S/c24-17(22-19-21-11-13-26-19)15-6-4-12-23(14-15)18(25)20(9-5-10-20)16-7-2-1-3-8-16/h1-3,7-8,11,13,15H,4-6,9-10,12,14H2,(H,21,22,24)/t15-/m0/s1. The summed E-state index contributed by atoms with van der Waals surface area (Å²) in [7, 11) is 0. The highest BCUT2D eigenvalue weighted by Gasteiger charge is 2.48. The smallest absolute Gasteiger partial charge is 0.233 e. The molecule has 0 unspecified atom stereocenters. The summed E-state index contributed by atoms with van der Waals surface area (Å²) in [6.45, 7) is 1.25. The van der Waals surface area contributed by atoms with Crippen molar-refractivity contribution >= 4 is 28.3 Å². The average molecular weight is 369 g/mol. The summed E-state index contributed by atoms with van der Waals surface area (Å²) >= 11 is 1.41. The van der Waals surface area contributed by atoms with Crippen molar-refractivity contribution in [3.8, 4) is 0 Å². The van der Waals surface area contributed by atoms with Gasteiger partial charge in [0.15, 0.2) is 5.13 Å². The fraction of sp³-hybridized carbons (Fsp3) is 0.450. The van der Waals surface area contributed by atoms with E-state index in [0.29, 0.717) is 11.7 Å². The SMILES string of the molecule is O=C(Nc1nccs1)[C@H]1CCCN(C(=O)C2(c3ccccc3)CCC2)C1. The van der Waals surface area contributed by atoms with E-state index in [0.717, 1.165) is 44.2 Å². The molecular weight excluding hydrogens is 346 g/mol. The van der Waals surface area contributed by atoms with Gasteiger partial charge >= 0.3 is 0 Å². The number of hydrogen-bond acceptors (Lipinski definition) is 4. The Labute approximate surface area is 157 Å². The molecule has 26 heavy (non-hydrogen) atoms. The lowest BCUT2D eigenvalue weighted by molar-refractivity contribution is -0.143. The van der Waals surface area contributed by atoms with Crippen molar-refractivity contribution in [2.24, 2.45) is 5.92 Å². The van der Waals surface area contributed by atoms with E-state index in [4.69, 9.17) is 0 Å². The maximum Gasteiger partial charge on any atom is 0.233 e. The van der Waals surface area contributed by atoms with Crippen molar-refractivity contribution in [3.05, 3.63) is 47.5 Å². The van der Waals surface area contributed by atoms with Crippen LogP contribution < -0.4 is 5.32 Å². The van der Waals surface area contributed by atoms with Gasteiger partial charge in [0, 0.05) is 24.7 Å². The van der Waals surface area contributed by atoms with Gasteiger partial charge in [0.05, 0.1) is 11.3 Å². The van der Waals surface area contributed by atoms with Crippen LogP contribution in [-0.4, -0.2) is 34.8 Å². The van der Waals surface area contributed by atoms with Gasteiger partial charge in [-0.1, -0.05) is 36.8 Å². The summed E-state index contributed by atoms with van der Waals surface area (Å²) in [6, 6.07) is 10.1. The third-order valence-electron chi connectivity index (χ3n) is 5.68. The van der Waals surface area contributed by atoms with Gasteiger partial charge in [-0.15, -0.1) is 11.3 Å². The van der Waals surface area contributed by atoms with Crippen LogP contribution >= 0.6 is 11.3 Å². The topological polar surface area (TPSA) is 62.3 Å². The van der Waals surface area contributed by atoms with Crippen LogP contribution in [0.4, 0.5) is 5.13 Å². The minimum atomic E-state index is -0.380. The summed E-state index contributed by atoms with van der Waals surface area (Å²) in [6.07, 6.45) is 6.26. The molecule has 1 atom stereocenters. The van der Waals surface area contributed by atoms with Crippen molar-refractivity contribution in [2.75, 3.05) is 18.4 Å². The number of carbonyl (C=O) groups excluding carboxylic acids is 2. The molecule has 136 valence electrons. The van der Waals surface area contributed by atoms with E-state index in [9.17, 15) is 9.59 Å². The van der Waals surface area contributed by atoms with Crippen LogP contribution in [0, 0.1) is 5.92 Å². The lowest BCUT2D eigenvalue weighted by atomic mass is 9.63. The van der Waals surface area contributed by atoms with Gasteiger partial charge in [-0.05, 0) is 31.2 Å². The van der Waals surface area contributed by atoms with E-state index in [1.54, 1.807) is 6.20 Å². The Balaban J connectivity index is 1.47. The molecule has 2 aliphatic rings. The van der Waals surface area contributed by atoms with Crippen molar-refractivity contribution in [2.45, 2.75) is 37.5 Å². The monoisotopic (exact) mass is 369 g/mol. The molecule has 6 heteroatoms. The molecule has 1 saturated heterocycles. The summed E-state index contributed by atoms with van der Waals surface area (Å²) in [5.74, 6) is 0.00557. The molecule has 0 spiro atoms. The van der Waals surface area contributed by atoms with Crippen LogP contribution in [0.2, 0.25) is 0 Å². The summed E-state index contributed by atoms with van der Waals surface area (Å²) in [4.78, 5) is 32.0. The van der Waals surface area contributed by atoms with Gasteiger partial charge < -0.3 is 10.2 Å². The minimum absolute atomic E-state index is 0.0279. The van der Waals surface area contributed by atoms with Gasteiger partial charge in [-0.25, -0.2) is 4.98 Å². The Hall–Kier alpha value is -2.21. The van der Waals surface area contributed by atoms with Crippen LogP contribution in [0.3, 0.4) is 0 Å². The Morgan fingerprint density at radius 1 is 1.19 bits per heavy atom. The van der Waals surface area contributed by atoms with Gasteiger partial charge in [0.2, 0.25) is 11.8 Å². The highest BCUT2D eigenvalue weighted by atomic mass is 32.1. The summed E-state index contributed by atoms with van der Waals surface area (Å²) in [5.41, 5.74) is 0.736. The van der Waals surface area contributed by atoms with E-state index in [1.165, 1.54) is 11.3 Å². The number of likely N-dealkylation sites (tertiary alicyclic amines) is 1. The van der Waals surface area contributed by atoms with Crippen molar-refractivity contribution in [1.82, 2.24) is 9.88 Å². The molecule has 1 N–H and O–H groups in total. The number of nitrogens with one attached hydrogen (secondary N) is 1. The number of aromatic nitrogens is 1. The molecule has 1 aliphatic carbocycles. The maximum absolute atomic E-state index is 13.4. The van der Waals surface area contributed by atoms with E-state index >= 15 is 0 Å². The zero-order chi connectivity index (χ0) is 18.0. The van der Waals surface area contributed by atoms with Crippen LogP contribution in [0.15, 0.2) is 41.9 Å². The number of amides is 2. The molecule has 2 amide bonds. The predicted molar refractivity (Wildman–Crippen MR) is 102 cm³/mol. The Bertz CT molecular complexity index is 772. The first-order valence-corrected chi connectivity index (χ1v) is 10.1. The lowest BCUT2D eigenvalue weighted by Gasteiger charge is -2.45. The van der Waals surface area contributed by atoms with Crippen LogP contribution in [-0.2, 0) is 15.0 Å². The second kappa shape index (κ2) is 7.19. The first-order valence-electron chi connectivity index (χ1n) is 9.24. The predicted octanol–water partition coefficient (Wildman–Crippen LogP) is 3.44. The third-order valence-corrected chi connectivity index (χ3v) is 6.37. The van der Waals surface area contributed by atoms with Crippen molar-refractivity contribution < 1.29 is 9.59 Å². The van der Waals surface area contributed by atoms with E-state index < -0.39 is 0 Å². The third kappa shape index (κ3) is 3.14. The molecule has 0 bridgehead atoms. The number of piperidine rings is 1. The lowest BCUT2D eigenvalue weighted by Crippen LogP contribution is -2.54. The van der Waals surface area contributed by atoms with Gasteiger partial charge in [0.25, 0.3) is 0 Å². The summed E-state index contributed by atoms with van der Waals surface area (Å²) in [5, 5.41) is 5.34. The molecule has 1 saturated carbocycles. The molecule has 2 heterocycles. The maximum atomic E-state index is 13.4. The van der Waals surface area contributed by atoms with E-state index in [-0.39, 0.29) is 23.1 Å². The number of rotatable bonds is 4. The minimum Gasteiger partial charge on any atom is -0.341 e. The Morgan fingerprint density at radius 3 is 2.65 bits per heavy atom. The zero-order valence-corrected chi connectivity index (χ0v) is 15.5. The quantitative estimate of drug-likeness (QED) is 0.898. The second-order valence-corrected chi connectivity index (χ2v) is 8.11. The van der Waals surface area contributed by atoms with Gasteiger partial charge in [-0.2, -0.15) is 0 Å². The fourth-order valence-electron chi connectivity index (χ4n) is 4.08. The number of carbonyl (C=O) groups is 2. The van der Waals surface area contributed by atoms with Gasteiger partial charge in [-0.3, -0.25) is 9.59 Å². The highest BCUT2D eigenvalue weighted by molar-refractivity contribution is 7.13. The zero-order valence-electron chi connectivity index (χ0n) is 14.7. The van der Waals surface area contributed by atoms with Crippen LogP contribution in [0.1, 0.15) is 37.7 Å². The number of benzene rings is 1. The first-order chi connectivity index (χ1) is 12.7. The number of hydrogen-bond donors (Lipinski definition) is 1. The van der Waals surface area contributed by atoms with Crippen LogP contribution in [0.25, 0.3) is 0 Å². The molecule has 1 aromatic carbocycles. The molecule has 0 radical (unpaired) electrons. The molecular formula is C20H23N3O2S. The molecule has 2 aromatic rings. The Morgan fingerprint density at radius 2 is 2.00 bits per heavy atom. The molecule has 5 nitrogen and oxygen atoms in total. The highest BCUT2D eigenvalue weighted by Crippen LogP contribution is 2.45. The first kappa shape index (κ1) is 17.2. The van der Waals surface area contributed by atoms with E-state index in [2.05, 4.69) is 22.4 Å². The second-order valence-electron chi connectivity index (χ2n) is 7.22. The Kier molecular flexibility index (Phi) is 4.76. The number of nitrogens with zero attached hydrogens (tertiary/aromatic N) is 2. The molecule has 2 fully saturated rings. The number of anilines is 1. The average Bonchev–Trinajstić information content (AvgIpc) is 3.15. The van der Waals surface area contributed by atoms with Crippen molar-refractivity contribution in [1.29, 1.82) is 0 Å². The normalized spacial score (nSPS) is 21.7. The van der Waals surface area contributed by atoms with E-state index in [1.807, 2.05) is 28.5 Å². The van der Waals surface area contributed by atoms with Crippen LogP contribution in [0.5, 0.6) is 0 Å². The van der Waals surface area contributed by atoms with Crippen molar-refractivity contribution in [3.63, 3.8) is 0 Å². The molecule has 1 aromatic heterocycles. The largest absolute Gasteiger partial charge is 0.341 e. The number of thiazole rings is 1. The fourth-order valence-corrected chi connectivity index (χ4v) is 4.62. The summed E-state index contributed by atoms with van der Waals surface area (Å²) < 4.78 is 0.